The van der Waals surface area contributed by atoms with Crippen LogP contribution in [-0.4, -0.2) is 22.4 Å². The summed E-state index contributed by atoms with van der Waals surface area (Å²) in [6.45, 7) is 0.220. The topological polar surface area (TPSA) is 40.5 Å². The zero-order valence-corrected chi connectivity index (χ0v) is 8.91. The van der Waals surface area contributed by atoms with E-state index in [0.29, 0.717) is 0 Å². The number of fused-ring (bicyclic) bond motifs is 2. The van der Waals surface area contributed by atoms with Crippen LogP contribution in [0.2, 0.25) is 0 Å². The van der Waals surface area contributed by atoms with Crippen LogP contribution in [0.3, 0.4) is 0 Å². The summed E-state index contributed by atoms with van der Waals surface area (Å²) >= 11 is 0. The lowest BCUT2D eigenvalue weighted by atomic mass is 9.65. The highest BCUT2D eigenvalue weighted by molar-refractivity contribution is 4.92. The highest BCUT2D eigenvalue weighted by atomic mass is 16.3. The molecular formula is C12H22O2. The first-order chi connectivity index (χ1) is 6.72. The van der Waals surface area contributed by atoms with E-state index in [0.717, 1.165) is 37.5 Å². The van der Waals surface area contributed by atoms with Gasteiger partial charge in [-0.2, -0.15) is 0 Å². The molecule has 14 heavy (non-hydrogen) atoms. The van der Waals surface area contributed by atoms with Crippen molar-refractivity contribution < 1.29 is 10.2 Å². The largest absolute Gasteiger partial charge is 0.396 e. The molecule has 0 aromatic carbocycles. The molecule has 2 saturated carbocycles. The minimum atomic E-state index is -0.434. The SMILES string of the molecule is OCCCC1(O)CC2CCCC(C2)C1. The van der Waals surface area contributed by atoms with Crippen LogP contribution in [0.25, 0.3) is 0 Å². The molecule has 2 unspecified atom stereocenters. The number of hydrogen-bond acceptors (Lipinski definition) is 2. The van der Waals surface area contributed by atoms with Gasteiger partial charge in [0.05, 0.1) is 5.60 Å². The standard InChI is InChI=1S/C12H22O2/c13-6-2-5-12(14)8-10-3-1-4-11(7-10)9-12/h10-11,13-14H,1-9H2. The molecule has 2 aliphatic rings. The third-order valence-electron chi connectivity index (χ3n) is 4.03. The quantitative estimate of drug-likeness (QED) is 0.729. The monoisotopic (exact) mass is 198 g/mol. The maximum Gasteiger partial charge on any atom is 0.0654 e. The van der Waals surface area contributed by atoms with Crippen molar-refractivity contribution in [3.8, 4) is 0 Å². The van der Waals surface area contributed by atoms with Crippen LogP contribution in [0.5, 0.6) is 0 Å². The Morgan fingerprint density at radius 3 is 2.36 bits per heavy atom. The number of aliphatic hydroxyl groups is 2. The van der Waals surface area contributed by atoms with Gasteiger partial charge in [-0.3, -0.25) is 0 Å². The molecular weight excluding hydrogens is 176 g/mol. The Morgan fingerprint density at radius 1 is 1.14 bits per heavy atom. The van der Waals surface area contributed by atoms with E-state index < -0.39 is 5.60 Å². The van der Waals surface area contributed by atoms with Crippen molar-refractivity contribution in [1.82, 2.24) is 0 Å². The van der Waals surface area contributed by atoms with Gasteiger partial charge in [0.15, 0.2) is 0 Å². The molecule has 82 valence electrons. The van der Waals surface area contributed by atoms with E-state index in [1.54, 1.807) is 0 Å². The molecule has 2 heteroatoms. The van der Waals surface area contributed by atoms with Gasteiger partial charge in [-0.05, 0) is 43.9 Å². The maximum atomic E-state index is 10.4. The average molecular weight is 198 g/mol. The fourth-order valence-electron chi connectivity index (χ4n) is 3.54. The van der Waals surface area contributed by atoms with Crippen LogP contribution in [-0.2, 0) is 0 Å². The zero-order valence-electron chi connectivity index (χ0n) is 8.91. The first kappa shape index (κ1) is 10.4. The minimum Gasteiger partial charge on any atom is -0.396 e. The Kier molecular flexibility index (Phi) is 3.13. The van der Waals surface area contributed by atoms with Gasteiger partial charge in [0.2, 0.25) is 0 Å². The summed E-state index contributed by atoms with van der Waals surface area (Å²) in [5.74, 6) is 1.54. The molecule has 0 spiro atoms. The number of rotatable bonds is 3. The molecule has 2 N–H and O–H groups in total. The molecule has 0 heterocycles. The smallest absolute Gasteiger partial charge is 0.0654 e. The molecule has 0 saturated heterocycles. The second-order valence-electron chi connectivity index (χ2n) is 5.36. The summed E-state index contributed by atoms with van der Waals surface area (Å²) in [7, 11) is 0. The van der Waals surface area contributed by atoms with Crippen LogP contribution in [0, 0.1) is 11.8 Å². The predicted octanol–water partition coefficient (Wildman–Crippen LogP) is 2.09. The fraction of sp³-hybridized carbons (Fsp3) is 1.00. The summed E-state index contributed by atoms with van der Waals surface area (Å²) in [5.41, 5.74) is -0.434. The molecule has 0 aliphatic heterocycles. The van der Waals surface area contributed by atoms with Crippen molar-refractivity contribution >= 4 is 0 Å². The molecule has 0 aromatic rings. The van der Waals surface area contributed by atoms with Gasteiger partial charge in [0, 0.05) is 6.61 Å². The Hall–Kier alpha value is -0.0800. The Labute approximate surface area is 86.3 Å². The fourth-order valence-corrected chi connectivity index (χ4v) is 3.54. The molecule has 2 nitrogen and oxygen atoms in total. The lowest BCUT2D eigenvalue weighted by molar-refractivity contribution is -0.0603. The van der Waals surface area contributed by atoms with Crippen LogP contribution >= 0.6 is 0 Å². The van der Waals surface area contributed by atoms with E-state index >= 15 is 0 Å². The van der Waals surface area contributed by atoms with Crippen molar-refractivity contribution in [2.24, 2.45) is 11.8 Å². The third-order valence-corrected chi connectivity index (χ3v) is 4.03. The molecule has 0 aromatic heterocycles. The third kappa shape index (κ3) is 2.29. The van der Waals surface area contributed by atoms with Crippen molar-refractivity contribution in [1.29, 1.82) is 0 Å². The molecule has 2 rings (SSSR count). The highest BCUT2D eigenvalue weighted by Crippen LogP contribution is 2.45. The molecule has 2 atom stereocenters. The first-order valence-corrected chi connectivity index (χ1v) is 6.05. The summed E-state index contributed by atoms with van der Waals surface area (Å²) in [4.78, 5) is 0. The summed E-state index contributed by atoms with van der Waals surface area (Å²) in [6, 6.07) is 0. The van der Waals surface area contributed by atoms with E-state index in [1.807, 2.05) is 0 Å². The molecule has 2 aliphatic carbocycles. The zero-order chi connectivity index (χ0) is 10.0. The van der Waals surface area contributed by atoms with E-state index in [4.69, 9.17) is 5.11 Å². The van der Waals surface area contributed by atoms with Crippen LogP contribution in [0.1, 0.15) is 51.4 Å². The van der Waals surface area contributed by atoms with Gasteiger partial charge in [-0.25, -0.2) is 0 Å². The molecule has 0 amide bonds. The second kappa shape index (κ2) is 4.19. The number of hydrogen-bond donors (Lipinski definition) is 2. The van der Waals surface area contributed by atoms with E-state index in [2.05, 4.69) is 0 Å². The van der Waals surface area contributed by atoms with E-state index in [1.165, 1.54) is 25.7 Å². The van der Waals surface area contributed by atoms with Crippen molar-refractivity contribution in [3.63, 3.8) is 0 Å². The van der Waals surface area contributed by atoms with Crippen molar-refractivity contribution in [3.05, 3.63) is 0 Å². The Bertz CT molecular complexity index is 179. The van der Waals surface area contributed by atoms with Crippen LogP contribution < -0.4 is 0 Å². The van der Waals surface area contributed by atoms with Gasteiger partial charge >= 0.3 is 0 Å². The van der Waals surface area contributed by atoms with Crippen molar-refractivity contribution in [2.75, 3.05) is 6.61 Å². The van der Waals surface area contributed by atoms with Gasteiger partial charge in [0.25, 0.3) is 0 Å². The summed E-state index contributed by atoms with van der Waals surface area (Å²) in [5, 5.41) is 19.2. The Balaban J connectivity index is 1.93. The van der Waals surface area contributed by atoms with Gasteiger partial charge in [-0.15, -0.1) is 0 Å². The van der Waals surface area contributed by atoms with Gasteiger partial charge in [0.1, 0.15) is 0 Å². The minimum absolute atomic E-state index is 0.220. The van der Waals surface area contributed by atoms with E-state index in [9.17, 15) is 5.11 Å². The van der Waals surface area contributed by atoms with Gasteiger partial charge < -0.3 is 10.2 Å². The maximum absolute atomic E-state index is 10.4. The molecule has 0 radical (unpaired) electrons. The summed E-state index contributed by atoms with van der Waals surface area (Å²) in [6.07, 6.45) is 8.89. The summed E-state index contributed by atoms with van der Waals surface area (Å²) < 4.78 is 0. The van der Waals surface area contributed by atoms with E-state index in [-0.39, 0.29) is 6.61 Å². The molecule has 2 fully saturated rings. The number of aliphatic hydroxyl groups excluding tert-OH is 1. The second-order valence-corrected chi connectivity index (χ2v) is 5.36. The Morgan fingerprint density at radius 2 is 1.79 bits per heavy atom. The molecule has 2 bridgehead atoms. The average Bonchev–Trinajstić information content (AvgIpc) is 2.14. The first-order valence-electron chi connectivity index (χ1n) is 6.05. The lowest BCUT2D eigenvalue weighted by Gasteiger charge is -2.44. The van der Waals surface area contributed by atoms with Crippen LogP contribution in [0.4, 0.5) is 0 Å². The normalized spacial score (nSPS) is 42.4. The van der Waals surface area contributed by atoms with Crippen LogP contribution in [0.15, 0.2) is 0 Å². The van der Waals surface area contributed by atoms with Gasteiger partial charge in [-0.1, -0.05) is 19.3 Å². The van der Waals surface area contributed by atoms with Crippen molar-refractivity contribution in [2.45, 2.75) is 57.0 Å². The lowest BCUT2D eigenvalue weighted by Crippen LogP contribution is -2.41. The predicted molar refractivity (Wildman–Crippen MR) is 56.0 cm³/mol. The highest BCUT2D eigenvalue weighted by Gasteiger charge is 2.40.